The highest BCUT2D eigenvalue weighted by Crippen LogP contribution is 2.23. The van der Waals surface area contributed by atoms with E-state index in [1.54, 1.807) is 0 Å². The number of pyridine rings is 1. The molecule has 1 nitrogen and oxygen atoms in total. The summed E-state index contributed by atoms with van der Waals surface area (Å²) >= 11 is 0. The Morgan fingerprint density at radius 2 is 1.85 bits per heavy atom. The maximum absolute atomic E-state index is 13.2. The van der Waals surface area contributed by atoms with Gasteiger partial charge in [-0.05, 0) is 5.92 Å². The molecule has 0 amide bonds. The van der Waals surface area contributed by atoms with Crippen LogP contribution in [-0.4, -0.2) is 4.98 Å². The Hall–Kier alpha value is -0.990. The Morgan fingerprint density at radius 1 is 1.23 bits per heavy atom. The molecule has 0 saturated heterocycles. The second kappa shape index (κ2) is 3.81. The molecule has 0 spiro atoms. The number of nitrogens with zero attached hydrogens (tertiary/aromatic N) is 1. The van der Waals surface area contributed by atoms with Gasteiger partial charge in [-0.1, -0.05) is 20.8 Å². The van der Waals surface area contributed by atoms with E-state index in [1.807, 2.05) is 20.8 Å². The van der Waals surface area contributed by atoms with Gasteiger partial charge in [-0.25, -0.2) is 8.78 Å². The smallest absolute Gasteiger partial charge is 0.147 e. The summed E-state index contributed by atoms with van der Waals surface area (Å²) < 4.78 is 25.7. The van der Waals surface area contributed by atoms with Crippen LogP contribution in [0.25, 0.3) is 0 Å². The van der Waals surface area contributed by atoms with Crippen molar-refractivity contribution in [1.29, 1.82) is 0 Å². The van der Waals surface area contributed by atoms with E-state index in [9.17, 15) is 8.78 Å². The van der Waals surface area contributed by atoms with E-state index in [4.69, 9.17) is 0 Å². The summed E-state index contributed by atoms with van der Waals surface area (Å²) in [5, 5.41) is 0. The molecule has 1 rings (SSSR count). The fourth-order valence-electron chi connectivity index (χ4n) is 1.08. The number of halogens is 2. The SMILES string of the molecule is CC(C)C(C)c1ncc(F)cc1F. The van der Waals surface area contributed by atoms with Gasteiger partial charge in [-0.3, -0.25) is 4.98 Å². The molecule has 1 aromatic rings. The van der Waals surface area contributed by atoms with Gasteiger partial charge in [0.15, 0.2) is 0 Å². The van der Waals surface area contributed by atoms with Crippen molar-refractivity contribution in [3.8, 4) is 0 Å². The average molecular weight is 185 g/mol. The number of hydrogen-bond acceptors (Lipinski definition) is 1. The quantitative estimate of drug-likeness (QED) is 0.689. The Bertz CT molecular complexity index is 297. The first-order chi connectivity index (χ1) is 6.02. The summed E-state index contributed by atoms with van der Waals surface area (Å²) in [5.41, 5.74) is 0.344. The highest BCUT2D eigenvalue weighted by atomic mass is 19.1. The fourth-order valence-corrected chi connectivity index (χ4v) is 1.08. The minimum absolute atomic E-state index is 0.0144. The summed E-state index contributed by atoms with van der Waals surface area (Å²) in [7, 11) is 0. The highest BCUT2D eigenvalue weighted by molar-refractivity contribution is 5.13. The van der Waals surface area contributed by atoms with E-state index >= 15 is 0 Å². The third-order valence-electron chi connectivity index (χ3n) is 2.27. The molecular weight excluding hydrogens is 172 g/mol. The predicted molar refractivity (Wildman–Crippen MR) is 47.4 cm³/mol. The molecule has 0 fully saturated rings. The van der Waals surface area contributed by atoms with Gasteiger partial charge < -0.3 is 0 Å². The molecule has 0 aromatic carbocycles. The van der Waals surface area contributed by atoms with Gasteiger partial charge in [0.2, 0.25) is 0 Å². The van der Waals surface area contributed by atoms with E-state index in [2.05, 4.69) is 4.98 Å². The number of rotatable bonds is 2. The Labute approximate surface area is 76.8 Å². The topological polar surface area (TPSA) is 12.9 Å². The van der Waals surface area contributed by atoms with Gasteiger partial charge >= 0.3 is 0 Å². The molecule has 1 heterocycles. The summed E-state index contributed by atoms with van der Waals surface area (Å²) in [6.07, 6.45) is 1.05. The third-order valence-corrected chi connectivity index (χ3v) is 2.27. The lowest BCUT2D eigenvalue weighted by Gasteiger charge is -2.14. The van der Waals surface area contributed by atoms with Crippen LogP contribution in [0, 0.1) is 17.6 Å². The first-order valence-electron chi connectivity index (χ1n) is 4.33. The van der Waals surface area contributed by atoms with Crippen LogP contribution in [0.5, 0.6) is 0 Å². The van der Waals surface area contributed by atoms with Crippen LogP contribution >= 0.6 is 0 Å². The van der Waals surface area contributed by atoms with Crippen molar-refractivity contribution in [3.05, 3.63) is 29.6 Å². The van der Waals surface area contributed by atoms with Crippen LogP contribution in [0.4, 0.5) is 8.78 Å². The predicted octanol–water partition coefficient (Wildman–Crippen LogP) is 3.12. The van der Waals surface area contributed by atoms with Gasteiger partial charge in [0.25, 0.3) is 0 Å². The van der Waals surface area contributed by atoms with Crippen LogP contribution in [-0.2, 0) is 0 Å². The zero-order valence-corrected chi connectivity index (χ0v) is 8.01. The number of aromatic nitrogens is 1. The lowest BCUT2D eigenvalue weighted by Crippen LogP contribution is -2.07. The molecule has 13 heavy (non-hydrogen) atoms. The van der Waals surface area contributed by atoms with Gasteiger partial charge in [-0.15, -0.1) is 0 Å². The second-order valence-electron chi connectivity index (χ2n) is 3.55. The zero-order valence-electron chi connectivity index (χ0n) is 8.01. The van der Waals surface area contributed by atoms with Crippen LogP contribution in [0.3, 0.4) is 0 Å². The summed E-state index contributed by atoms with van der Waals surface area (Å²) in [6.45, 7) is 5.85. The van der Waals surface area contributed by atoms with Gasteiger partial charge in [0.05, 0.1) is 11.9 Å². The zero-order chi connectivity index (χ0) is 10.0. The molecule has 1 atom stereocenters. The molecule has 72 valence electrons. The molecule has 0 radical (unpaired) electrons. The molecular formula is C10H13F2N. The van der Waals surface area contributed by atoms with Crippen LogP contribution < -0.4 is 0 Å². The van der Waals surface area contributed by atoms with Crippen molar-refractivity contribution in [2.75, 3.05) is 0 Å². The monoisotopic (exact) mass is 185 g/mol. The van der Waals surface area contributed by atoms with Crippen molar-refractivity contribution in [2.45, 2.75) is 26.7 Å². The Morgan fingerprint density at radius 3 is 2.31 bits per heavy atom. The first kappa shape index (κ1) is 10.1. The van der Waals surface area contributed by atoms with Crippen molar-refractivity contribution < 1.29 is 8.78 Å². The molecule has 0 aliphatic carbocycles. The van der Waals surface area contributed by atoms with E-state index in [1.165, 1.54) is 0 Å². The minimum atomic E-state index is -0.628. The lowest BCUT2D eigenvalue weighted by atomic mass is 9.94. The maximum atomic E-state index is 13.2. The van der Waals surface area contributed by atoms with Crippen molar-refractivity contribution in [1.82, 2.24) is 4.98 Å². The molecule has 0 aliphatic heterocycles. The molecule has 1 aromatic heterocycles. The van der Waals surface area contributed by atoms with Crippen molar-refractivity contribution >= 4 is 0 Å². The molecule has 3 heteroatoms. The highest BCUT2D eigenvalue weighted by Gasteiger charge is 2.16. The summed E-state index contributed by atoms with van der Waals surface area (Å²) in [5.74, 6) is -0.869. The minimum Gasteiger partial charge on any atom is -0.255 e. The normalized spacial score (nSPS) is 13.4. The van der Waals surface area contributed by atoms with Crippen molar-refractivity contribution in [2.24, 2.45) is 5.92 Å². The summed E-state index contributed by atoms with van der Waals surface area (Å²) in [6, 6.07) is 0.876. The van der Waals surface area contributed by atoms with Crippen LogP contribution in [0.1, 0.15) is 32.4 Å². The van der Waals surface area contributed by atoms with E-state index in [0.29, 0.717) is 11.6 Å². The van der Waals surface area contributed by atoms with E-state index in [-0.39, 0.29) is 5.92 Å². The standard InChI is InChI=1S/C10H13F2N/c1-6(2)7(3)10-9(12)4-8(11)5-13-10/h4-7H,1-3H3. The Kier molecular flexibility index (Phi) is 2.96. The van der Waals surface area contributed by atoms with Crippen LogP contribution in [0.2, 0.25) is 0 Å². The summed E-state index contributed by atoms with van der Waals surface area (Å²) in [4.78, 5) is 3.75. The molecule has 0 bridgehead atoms. The molecule has 0 saturated carbocycles. The third kappa shape index (κ3) is 2.23. The molecule has 0 N–H and O–H groups in total. The fraction of sp³-hybridized carbons (Fsp3) is 0.500. The van der Waals surface area contributed by atoms with Crippen LogP contribution in [0.15, 0.2) is 12.3 Å². The largest absolute Gasteiger partial charge is 0.255 e. The van der Waals surface area contributed by atoms with Crippen molar-refractivity contribution in [3.63, 3.8) is 0 Å². The number of hydrogen-bond donors (Lipinski definition) is 0. The molecule has 0 aliphatic rings. The first-order valence-corrected chi connectivity index (χ1v) is 4.33. The van der Waals surface area contributed by atoms with E-state index < -0.39 is 11.6 Å². The van der Waals surface area contributed by atoms with Gasteiger partial charge in [-0.2, -0.15) is 0 Å². The Balaban J connectivity index is 3.01. The van der Waals surface area contributed by atoms with E-state index in [0.717, 1.165) is 12.3 Å². The second-order valence-corrected chi connectivity index (χ2v) is 3.55. The molecule has 1 unspecified atom stereocenters. The average Bonchev–Trinajstić information content (AvgIpc) is 2.03. The lowest BCUT2D eigenvalue weighted by molar-refractivity contribution is 0.478. The van der Waals surface area contributed by atoms with Gasteiger partial charge in [0.1, 0.15) is 11.6 Å². The maximum Gasteiger partial charge on any atom is 0.147 e. The van der Waals surface area contributed by atoms with Gasteiger partial charge in [0, 0.05) is 12.0 Å².